The van der Waals surface area contributed by atoms with Crippen molar-refractivity contribution in [3.05, 3.63) is 23.1 Å². The van der Waals surface area contributed by atoms with Gasteiger partial charge in [-0.3, -0.25) is 0 Å². The van der Waals surface area contributed by atoms with Crippen LogP contribution in [0.3, 0.4) is 0 Å². The first-order valence-electron chi connectivity index (χ1n) is 5.70. The lowest BCUT2D eigenvalue weighted by Gasteiger charge is -2.15. The van der Waals surface area contributed by atoms with E-state index in [1.165, 1.54) is 37.9 Å². The molecule has 1 aliphatic carbocycles. The van der Waals surface area contributed by atoms with Crippen LogP contribution >= 0.6 is 11.6 Å². The average Bonchev–Trinajstić information content (AvgIpc) is 2.98. The Morgan fingerprint density at radius 2 is 2.31 bits per heavy atom. The van der Waals surface area contributed by atoms with Gasteiger partial charge in [-0.05, 0) is 30.7 Å². The zero-order valence-corrected chi connectivity index (χ0v) is 10.1. The van der Waals surface area contributed by atoms with Gasteiger partial charge in [0, 0.05) is 12.7 Å². The highest BCUT2D eigenvalue weighted by Gasteiger charge is 2.41. The molecule has 0 spiro atoms. The van der Waals surface area contributed by atoms with E-state index in [2.05, 4.69) is 17.2 Å². The maximum absolute atomic E-state index is 13.4. The zero-order valence-electron chi connectivity index (χ0n) is 9.39. The molecule has 1 heterocycles. The Hall–Kier alpha value is -0.830. The monoisotopic (exact) mass is 242 g/mol. The SMILES string of the molecule is CCCC1(CNc2ncc(Cl)cc2F)CC1. The van der Waals surface area contributed by atoms with E-state index in [-0.39, 0.29) is 5.82 Å². The molecule has 4 heteroatoms. The number of hydrogen-bond donors (Lipinski definition) is 1. The van der Waals surface area contributed by atoms with Gasteiger partial charge in [-0.1, -0.05) is 24.9 Å². The number of halogens is 2. The van der Waals surface area contributed by atoms with Gasteiger partial charge in [0.15, 0.2) is 11.6 Å². The van der Waals surface area contributed by atoms with E-state index in [0.29, 0.717) is 16.3 Å². The van der Waals surface area contributed by atoms with Crippen molar-refractivity contribution in [2.75, 3.05) is 11.9 Å². The average molecular weight is 243 g/mol. The van der Waals surface area contributed by atoms with Crippen molar-refractivity contribution >= 4 is 17.4 Å². The maximum Gasteiger partial charge on any atom is 0.166 e. The van der Waals surface area contributed by atoms with Crippen LogP contribution in [0.4, 0.5) is 10.2 Å². The molecule has 2 nitrogen and oxygen atoms in total. The van der Waals surface area contributed by atoms with Crippen molar-refractivity contribution in [2.24, 2.45) is 5.41 Å². The molecule has 0 saturated heterocycles. The van der Waals surface area contributed by atoms with Gasteiger partial charge < -0.3 is 5.32 Å². The van der Waals surface area contributed by atoms with E-state index < -0.39 is 0 Å². The summed E-state index contributed by atoms with van der Waals surface area (Å²) >= 11 is 5.64. The Morgan fingerprint density at radius 1 is 1.56 bits per heavy atom. The smallest absolute Gasteiger partial charge is 0.166 e. The lowest BCUT2D eigenvalue weighted by atomic mass is 10.0. The molecule has 1 saturated carbocycles. The van der Waals surface area contributed by atoms with Crippen molar-refractivity contribution in [3.8, 4) is 0 Å². The van der Waals surface area contributed by atoms with Crippen molar-refractivity contribution in [2.45, 2.75) is 32.6 Å². The second-order valence-corrected chi connectivity index (χ2v) is 5.02. The highest BCUT2D eigenvalue weighted by atomic mass is 35.5. The molecule has 2 rings (SSSR count). The van der Waals surface area contributed by atoms with Crippen LogP contribution in [0.15, 0.2) is 12.3 Å². The minimum atomic E-state index is -0.375. The minimum Gasteiger partial charge on any atom is -0.367 e. The number of anilines is 1. The van der Waals surface area contributed by atoms with E-state index in [9.17, 15) is 4.39 Å². The van der Waals surface area contributed by atoms with Crippen LogP contribution in [0.1, 0.15) is 32.6 Å². The first-order chi connectivity index (χ1) is 7.65. The number of aromatic nitrogens is 1. The number of hydrogen-bond acceptors (Lipinski definition) is 2. The fraction of sp³-hybridized carbons (Fsp3) is 0.583. The second-order valence-electron chi connectivity index (χ2n) is 4.59. The molecular formula is C12H16ClFN2. The topological polar surface area (TPSA) is 24.9 Å². The molecule has 0 amide bonds. The summed E-state index contributed by atoms with van der Waals surface area (Å²) in [6.45, 7) is 2.99. The Morgan fingerprint density at radius 3 is 2.88 bits per heavy atom. The van der Waals surface area contributed by atoms with Crippen LogP contribution in [0, 0.1) is 11.2 Å². The predicted molar refractivity (Wildman–Crippen MR) is 64.3 cm³/mol. The van der Waals surface area contributed by atoms with Crippen LogP contribution in [0.25, 0.3) is 0 Å². The molecule has 88 valence electrons. The second kappa shape index (κ2) is 4.58. The van der Waals surface area contributed by atoms with Gasteiger partial charge in [0.2, 0.25) is 0 Å². The molecule has 0 atom stereocenters. The molecule has 0 aliphatic heterocycles. The molecule has 0 radical (unpaired) electrons. The summed E-state index contributed by atoms with van der Waals surface area (Å²) in [5, 5.41) is 3.41. The summed E-state index contributed by atoms with van der Waals surface area (Å²) in [7, 11) is 0. The van der Waals surface area contributed by atoms with Crippen LogP contribution in [-0.2, 0) is 0 Å². The molecule has 1 aromatic rings. The molecule has 0 unspecified atom stereocenters. The standard InChI is InChI=1S/C12H16ClFN2/c1-2-3-12(4-5-12)8-16-11-10(14)6-9(13)7-15-11/h6-7H,2-5,8H2,1H3,(H,15,16). The van der Waals surface area contributed by atoms with E-state index >= 15 is 0 Å². The normalized spacial score (nSPS) is 17.2. The fourth-order valence-electron chi connectivity index (χ4n) is 2.04. The fourth-order valence-corrected chi connectivity index (χ4v) is 2.18. The van der Waals surface area contributed by atoms with Crippen molar-refractivity contribution < 1.29 is 4.39 Å². The Kier molecular flexibility index (Phi) is 3.33. The van der Waals surface area contributed by atoms with Gasteiger partial charge in [0.25, 0.3) is 0 Å². The third kappa shape index (κ3) is 2.64. The predicted octanol–water partition coefficient (Wildman–Crippen LogP) is 3.87. The summed E-state index contributed by atoms with van der Waals surface area (Å²) in [6.07, 6.45) is 6.33. The molecule has 1 fully saturated rings. The number of nitrogens with one attached hydrogen (secondary N) is 1. The number of pyridine rings is 1. The Balaban J connectivity index is 1.94. The Bertz CT molecular complexity index is 377. The van der Waals surface area contributed by atoms with E-state index in [1.54, 1.807) is 0 Å². The molecule has 1 N–H and O–H groups in total. The highest BCUT2D eigenvalue weighted by molar-refractivity contribution is 6.30. The largest absolute Gasteiger partial charge is 0.367 e. The number of rotatable bonds is 5. The van der Waals surface area contributed by atoms with Crippen molar-refractivity contribution in [1.82, 2.24) is 4.98 Å². The lowest BCUT2D eigenvalue weighted by molar-refractivity contribution is 0.483. The first-order valence-corrected chi connectivity index (χ1v) is 6.08. The van der Waals surface area contributed by atoms with Crippen LogP contribution in [0.2, 0.25) is 5.02 Å². The van der Waals surface area contributed by atoms with E-state index in [0.717, 1.165) is 6.54 Å². The summed E-state index contributed by atoms with van der Waals surface area (Å²) in [4.78, 5) is 3.95. The van der Waals surface area contributed by atoms with Gasteiger partial charge in [-0.15, -0.1) is 0 Å². The van der Waals surface area contributed by atoms with Gasteiger partial charge >= 0.3 is 0 Å². The summed E-state index contributed by atoms with van der Waals surface area (Å²) in [6, 6.07) is 1.29. The van der Waals surface area contributed by atoms with Crippen LogP contribution in [0.5, 0.6) is 0 Å². The summed E-state index contributed by atoms with van der Waals surface area (Å²) in [5.41, 5.74) is 0.391. The Labute approximate surface area is 100 Å². The van der Waals surface area contributed by atoms with E-state index in [4.69, 9.17) is 11.6 Å². The lowest BCUT2D eigenvalue weighted by Crippen LogP contribution is -2.16. The maximum atomic E-state index is 13.4. The molecule has 0 bridgehead atoms. The van der Waals surface area contributed by atoms with Gasteiger partial charge in [0.1, 0.15) is 0 Å². The molecule has 1 aromatic heterocycles. The van der Waals surface area contributed by atoms with Gasteiger partial charge in [0.05, 0.1) is 5.02 Å². The van der Waals surface area contributed by atoms with Gasteiger partial charge in [-0.25, -0.2) is 9.37 Å². The molecule has 1 aliphatic rings. The zero-order chi connectivity index (χ0) is 11.6. The quantitative estimate of drug-likeness (QED) is 0.848. The first kappa shape index (κ1) is 11.6. The van der Waals surface area contributed by atoms with Crippen LogP contribution < -0.4 is 5.32 Å². The number of nitrogens with zero attached hydrogens (tertiary/aromatic N) is 1. The highest BCUT2D eigenvalue weighted by Crippen LogP contribution is 2.49. The van der Waals surface area contributed by atoms with Crippen LogP contribution in [-0.4, -0.2) is 11.5 Å². The third-order valence-corrected chi connectivity index (χ3v) is 3.38. The van der Waals surface area contributed by atoms with Crippen molar-refractivity contribution in [3.63, 3.8) is 0 Å². The minimum absolute atomic E-state index is 0.312. The van der Waals surface area contributed by atoms with Gasteiger partial charge in [-0.2, -0.15) is 0 Å². The van der Waals surface area contributed by atoms with Crippen molar-refractivity contribution in [1.29, 1.82) is 0 Å². The van der Waals surface area contributed by atoms with E-state index in [1.807, 2.05) is 0 Å². The molecule has 16 heavy (non-hydrogen) atoms. The molecular weight excluding hydrogens is 227 g/mol. The molecule has 0 aromatic carbocycles. The third-order valence-electron chi connectivity index (χ3n) is 3.18. The summed E-state index contributed by atoms with van der Waals surface area (Å²) in [5.74, 6) is -0.0634. The summed E-state index contributed by atoms with van der Waals surface area (Å²) < 4.78 is 13.4.